The second kappa shape index (κ2) is 6.75. The topological polar surface area (TPSA) is 75.6 Å². The van der Waals surface area contributed by atoms with Crippen LogP contribution in [-0.2, 0) is 4.74 Å². The van der Waals surface area contributed by atoms with Crippen molar-refractivity contribution in [3.05, 3.63) is 41.5 Å². The van der Waals surface area contributed by atoms with E-state index in [0.717, 1.165) is 5.56 Å². The van der Waals surface area contributed by atoms with Gasteiger partial charge < -0.3 is 15.2 Å². The Morgan fingerprint density at radius 2 is 1.85 bits per heavy atom. The Morgan fingerprint density at radius 1 is 1.25 bits per heavy atom. The van der Waals surface area contributed by atoms with Crippen molar-refractivity contribution in [2.45, 2.75) is 26.4 Å². The van der Waals surface area contributed by atoms with E-state index in [1.165, 1.54) is 12.1 Å². The minimum atomic E-state index is -0.952. The van der Waals surface area contributed by atoms with Crippen LogP contribution in [-0.4, -0.2) is 29.3 Å². The van der Waals surface area contributed by atoms with E-state index in [-0.39, 0.29) is 5.56 Å². The number of nitrogens with one attached hydrogen (secondary N) is 1. The standard InChI is InChI=1S/C15H19NO4/c1-15(2,3)20-14(19)16-10-4-5-11-6-8-12(9-7-11)13(17)18/h4-9H,10H2,1-3H3,(H,16,19)(H,17,18). The molecule has 20 heavy (non-hydrogen) atoms. The van der Waals surface area contributed by atoms with Gasteiger partial charge in [-0.25, -0.2) is 9.59 Å². The van der Waals surface area contributed by atoms with Gasteiger partial charge in [-0.15, -0.1) is 0 Å². The SMILES string of the molecule is CC(C)(C)OC(=O)NCC=Cc1ccc(C(=O)O)cc1. The van der Waals surface area contributed by atoms with E-state index >= 15 is 0 Å². The highest BCUT2D eigenvalue weighted by atomic mass is 16.6. The van der Waals surface area contributed by atoms with Crippen molar-refractivity contribution in [3.63, 3.8) is 0 Å². The van der Waals surface area contributed by atoms with Crippen LogP contribution in [0.2, 0.25) is 0 Å². The summed E-state index contributed by atoms with van der Waals surface area (Å²) in [5.41, 5.74) is 0.593. The molecule has 5 heteroatoms. The summed E-state index contributed by atoms with van der Waals surface area (Å²) in [5.74, 6) is -0.952. The molecule has 0 bridgehead atoms. The first-order valence-electron chi connectivity index (χ1n) is 6.25. The molecule has 0 aliphatic rings. The minimum Gasteiger partial charge on any atom is -0.478 e. The minimum absolute atomic E-state index is 0.244. The van der Waals surface area contributed by atoms with Gasteiger partial charge in [0.15, 0.2) is 0 Å². The van der Waals surface area contributed by atoms with E-state index in [9.17, 15) is 9.59 Å². The summed E-state index contributed by atoms with van der Waals surface area (Å²) < 4.78 is 5.08. The Hall–Kier alpha value is -2.30. The van der Waals surface area contributed by atoms with E-state index in [1.807, 2.05) is 0 Å². The smallest absolute Gasteiger partial charge is 0.407 e. The lowest BCUT2D eigenvalue weighted by Crippen LogP contribution is -2.32. The summed E-state index contributed by atoms with van der Waals surface area (Å²) in [5, 5.41) is 11.4. The lowest BCUT2D eigenvalue weighted by Gasteiger charge is -2.19. The van der Waals surface area contributed by atoms with Crippen LogP contribution in [0.25, 0.3) is 6.08 Å². The van der Waals surface area contributed by atoms with Crippen molar-refractivity contribution in [1.29, 1.82) is 0 Å². The largest absolute Gasteiger partial charge is 0.478 e. The number of hydrogen-bond donors (Lipinski definition) is 2. The van der Waals surface area contributed by atoms with Crippen molar-refractivity contribution in [2.24, 2.45) is 0 Å². The highest BCUT2D eigenvalue weighted by molar-refractivity contribution is 5.87. The molecule has 0 saturated carbocycles. The van der Waals surface area contributed by atoms with Gasteiger partial charge in [0.1, 0.15) is 5.60 Å². The maximum atomic E-state index is 11.4. The third-order valence-corrected chi connectivity index (χ3v) is 2.23. The van der Waals surface area contributed by atoms with Crippen LogP contribution in [0, 0.1) is 0 Å². The van der Waals surface area contributed by atoms with Crippen molar-refractivity contribution in [1.82, 2.24) is 5.32 Å². The number of carbonyl (C=O) groups is 2. The zero-order valence-corrected chi connectivity index (χ0v) is 11.8. The number of rotatable bonds is 4. The molecule has 1 amide bonds. The molecule has 0 radical (unpaired) electrons. The van der Waals surface area contributed by atoms with Gasteiger partial charge in [0, 0.05) is 6.54 Å². The van der Waals surface area contributed by atoms with Gasteiger partial charge in [-0.05, 0) is 38.5 Å². The highest BCUT2D eigenvalue weighted by Crippen LogP contribution is 2.07. The predicted octanol–water partition coefficient (Wildman–Crippen LogP) is 2.92. The summed E-state index contributed by atoms with van der Waals surface area (Å²) in [6, 6.07) is 6.47. The lowest BCUT2D eigenvalue weighted by molar-refractivity contribution is 0.0533. The number of carbonyl (C=O) groups excluding carboxylic acids is 1. The normalized spacial score (nSPS) is 11.3. The Balaban J connectivity index is 2.42. The molecule has 0 spiro atoms. The van der Waals surface area contributed by atoms with Crippen molar-refractivity contribution >= 4 is 18.1 Å². The van der Waals surface area contributed by atoms with Crippen LogP contribution in [0.15, 0.2) is 30.3 Å². The maximum Gasteiger partial charge on any atom is 0.407 e. The summed E-state index contributed by atoms with van der Waals surface area (Å²) in [6.45, 7) is 5.74. The Labute approximate surface area is 118 Å². The average Bonchev–Trinajstić information content (AvgIpc) is 2.33. The molecule has 2 N–H and O–H groups in total. The Kier molecular flexibility index (Phi) is 5.32. The van der Waals surface area contributed by atoms with Gasteiger partial charge in [0.25, 0.3) is 0 Å². The third kappa shape index (κ3) is 6.04. The lowest BCUT2D eigenvalue weighted by atomic mass is 10.1. The van der Waals surface area contributed by atoms with E-state index < -0.39 is 17.7 Å². The fourth-order valence-electron chi connectivity index (χ4n) is 1.39. The van der Waals surface area contributed by atoms with Crippen molar-refractivity contribution in [2.75, 3.05) is 6.54 Å². The summed E-state index contributed by atoms with van der Waals surface area (Å²) in [6.07, 6.45) is 3.09. The molecular weight excluding hydrogens is 258 g/mol. The van der Waals surface area contributed by atoms with Crippen LogP contribution < -0.4 is 5.32 Å². The van der Waals surface area contributed by atoms with Gasteiger partial charge in [-0.2, -0.15) is 0 Å². The second-order valence-corrected chi connectivity index (χ2v) is 5.21. The molecule has 5 nitrogen and oxygen atoms in total. The van der Waals surface area contributed by atoms with Gasteiger partial charge >= 0.3 is 12.1 Å². The molecule has 1 aromatic carbocycles. The first-order valence-corrected chi connectivity index (χ1v) is 6.25. The van der Waals surface area contributed by atoms with Gasteiger partial charge in [0.05, 0.1) is 5.56 Å². The molecule has 0 saturated heterocycles. The number of hydrogen-bond acceptors (Lipinski definition) is 3. The van der Waals surface area contributed by atoms with Gasteiger partial charge in [-0.3, -0.25) is 0 Å². The molecule has 108 valence electrons. The Morgan fingerprint density at radius 3 is 2.35 bits per heavy atom. The highest BCUT2D eigenvalue weighted by Gasteiger charge is 2.14. The van der Waals surface area contributed by atoms with E-state index in [4.69, 9.17) is 9.84 Å². The summed E-state index contributed by atoms with van der Waals surface area (Å²) in [7, 11) is 0. The zero-order chi connectivity index (χ0) is 15.2. The summed E-state index contributed by atoms with van der Waals surface area (Å²) in [4.78, 5) is 22.0. The van der Waals surface area contributed by atoms with Crippen LogP contribution >= 0.6 is 0 Å². The number of carboxylic acids is 1. The molecule has 0 aliphatic heterocycles. The number of ether oxygens (including phenoxy) is 1. The van der Waals surface area contributed by atoms with Gasteiger partial charge in [-0.1, -0.05) is 24.3 Å². The van der Waals surface area contributed by atoms with Crippen LogP contribution in [0.5, 0.6) is 0 Å². The molecule has 0 aromatic heterocycles. The molecule has 1 rings (SSSR count). The molecule has 0 aliphatic carbocycles. The summed E-state index contributed by atoms with van der Waals surface area (Å²) >= 11 is 0. The van der Waals surface area contributed by atoms with E-state index in [0.29, 0.717) is 6.54 Å². The second-order valence-electron chi connectivity index (χ2n) is 5.21. The van der Waals surface area contributed by atoms with E-state index in [2.05, 4.69) is 5.32 Å². The molecule has 1 aromatic rings. The molecule has 0 heterocycles. The van der Waals surface area contributed by atoms with Crippen LogP contribution in [0.4, 0.5) is 4.79 Å². The van der Waals surface area contributed by atoms with Crippen LogP contribution in [0.1, 0.15) is 36.7 Å². The molecule has 0 fully saturated rings. The first-order chi connectivity index (χ1) is 9.28. The fraction of sp³-hybridized carbons (Fsp3) is 0.333. The first kappa shape index (κ1) is 15.8. The van der Waals surface area contributed by atoms with Crippen molar-refractivity contribution in [3.8, 4) is 0 Å². The fourth-order valence-corrected chi connectivity index (χ4v) is 1.39. The number of aromatic carboxylic acids is 1. The number of carboxylic acid groups (broad SMARTS) is 1. The number of alkyl carbamates (subject to hydrolysis) is 1. The molecule has 0 unspecified atom stereocenters. The molecular formula is C15H19NO4. The number of amides is 1. The number of benzene rings is 1. The van der Waals surface area contributed by atoms with Gasteiger partial charge in [0.2, 0.25) is 0 Å². The van der Waals surface area contributed by atoms with E-state index in [1.54, 1.807) is 45.1 Å². The predicted molar refractivity (Wildman–Crippen MR) is 76.7 cm³/mol. The average molecular weight is 277 g/mol. The van der Waals surface area contributed by atoms with Crippen LogP contribution in [0.3, 0.4) is 0 Å². The third-order valence-electron chi connectivity index (χ3n) is 2.23. The van der Waals surface area contributed by atoms with Crippen molar-refractivity contribution < 1.29 is 19.4 Å². The maximum absolute atomic E-state index is 11.4. The zero-order valence-electron chi connectivity index (χ0n) is 11.8. The monoisotopic (exact) mass is 277 g/mol. The molecule has 0 atom stereocenters. The Bertz CT molecular complexity index is 498. The quantitative estimate of drug-likeness (QED) is 0.887.